The first kappa shape index (κ1) is 21.5. The van der Waals surface area contributed by atoms with Crippen molar-refractivity contribution in [1.29, 1.82) is 0 Å². The summed E-state index contributed by atoms with van der Waals surface area (Å²) >= 11 is 0. The fourth-order valence-electron chi connectivity index (χ4n) is 2.44. The largest absolute Gasteiger partial charge is 0.507 e. The zero-order valence-corrected chi connectivity index (χ0v) is 16.6. The van der Waals surface area contributed by atoms with Gasteiger partial charge in [0.25, 0.3) is 5.56 Å². The number of allylic oxidation sites excluding steroid dienone is 1. The van der Waals surface area contributed by atoms with Gasteiger partial charge >= 0.3 is 0 Å². The lowest BCUT2D eigenvalue weighted by atomic mass is 10.1. The molecule has 9 heteroatoms. The minimum absolute atomic E-state index is 0.0345. The lowest BCUT2D eigenvalue weighted by Gasteiger charge is -2.08. The predicted octanol–water partition coefficient (Wildman–Crippen LogP) is 1.22. The van der Waals surface area contributed by atoms with E-state index in [0.29, 0.717) is 11.3 Å². The van der Waals surface area contributed by atoms with E-state index in [9.17, 15) is 23.1 Å². The Kier molecular flexibility index (Phi) is 6.90. The van der Waals surface area contributed by atoms with Crippen LogP contribution in [0.15, 0.2) is 46.1 Å². The molecule has 2 rings (SSSR count). The van der Waals surface area contributed by atoms with E-state index in [4.69, 9.17) is 4.74 Å². The number of hydrogen-bond donors (Lipinski definition) is 2. The zero-order valence-electron chi connectivity index (χ0n) is 15.8. The average Bonchev–Trinajstić information content (AvgIpc) is 2.65. The SMILES string of the molecule is COCCNS(=O)(=O)c1cccc(C=CC(=O)c2c(O)cc(C)n(C)c2=O)c1. The highest BCUT2D eigenvalue weighted by Crippen LogP contribution is 2.17. The highest BCUT2D eigenvalue weighted by atomic mass is 32.2. The van der Waals surface area contributed by atoms with Gasteiger partial charge in [-0.3, -0.25) is 9.59 Å². The number of nitrogens with zero attached hydrogens (tertiary/aromatic N) is 1. The number of aromatic nitrogens is 1. The lowest BCUT2D eigenvalue weighted by molar-refractivity contribution is 0.104. The van der Waals surface area contributed by atoms with Crippen LogP contribution in [0.2, 0.25) is 0 Å². The third-order valence-electron chi connectivity index (χ3n) is 4.09. The molecule has 0 bridgehead atoms. The Morgan fingerprint density at radius 1 is 1.32 bits per heavy atom. The highest BCUT2D eigenvalue weighted by Gasteiger charge is 2.17. The van der Waals surface area contributed by atoms with Crippen LogP contribution < -0.4 is 10.3 Å². The summed E-state index contributed by atoms with van der Waals surface area (Å²) in [6.45, 7) is 2.01. The van der Waals surface area contributed by atoms with Gasteiger partial charge in [-0.15, -0.1) is 0 Å². The molecule has 1 aromatic heterocycles. The van der Waals surface area contributed by atoms with Crippen molar-refractivity contribution in [2.75, 3.05) is 20.3 Å². The molecule has 150 valence electrons. The maximum Gasteiger partial charge on any atom is 0.265 e. The van der Waals surface area contributed by atoms with Gasteiger partial charge in [-0.1, -0.05) is 18.2 Å². The number of carbonyl (C=O) groups is 1. The van der Waals surface area contributed by atoms with Gasteiger partial charge in [-0.2, -0.15) is 0 Å². The molecule has 2 N–H and O–H groups in total. The molecule has 0 amide bonds. The van der Waals surface area contributed by atoms with E-state index in [0.717, 1.165) is 6.08 Å². The fourth-order valence-corrected chi connectivity index (χ4v) is 3.51. The lowest BCUT2D eigenvalue weighted by Crippen LogP contribution is -2.27. The summed E-state index contributed by atoms with van der Waals surface area (Å²) in [7, 11) is -0.741. The van der Waals surface area contributed by atoms with E-state index in [1.54, 1.807) is 13.0 Å². The topological polar surface area (TPSA) is 115 Å². The Morgan fingerprint density at radius 3 is 2.71 bits per heavy atom. The number of pyridine rings is 1. The third kappa shape index (κ3) is 4.94. The van der Waals surface area contributed by atoms with Gasteiger partial charge in [0, 0.05) is 32.5 Å². The van der Waals surface area contributed by atoms with E-state index in [-0.39, 0.29) is 23.6 Å². The molecule has 0 saturated heterocycles. The van der Waals surface area contributed by atoms with E-state index in [2.05, 4.69) is 4.72 Å². The highest BCUT2D eigenvalue weighted by molar-refractivity contribution is 7.89. The number of nitrogens with one attached hydrogen (secondary N) is 1. The molecule has 0 aliphatic heterocycles. The molecule has 0 aliphatic rings. The first-order valence-electron chi connectivity index (χ1n) is 8.38. The maximum atomic E-state index is 12.4. The molecule has 2 aromatic rings. The molecule has 0 unspecified atom stereocenters. The molecule has 1 aromatic carbocycles. The summed E-state index contributed by atoms with van der Waals surface area (Å²) in [5, 5.41) is 9.95. The van der Waals surface area contributed by atoms with Crippen molar-refractivity contribution in [2.24, 2.45) is 7.05 Å². The molecule has 8 nitrogen and oxygen atoms in total. The molecule has 0 saturated carbocycles. The Labute approximate surface area is 163 Å². The number of hydrogen-bond acceptors (Lipinski definition) is 6. The number of ether oxygens (including phenoxy) is 1. The first-order valence-corrected chi connectivity index (χ1v) is 9.86. The summed E-state index contributed by atoms with van der Waals surface area (Å²) in [4.78, 5) is 24.6. The summed E-state index contributed by atoms with van der Waals surface area (Å²) in [6, 6.07) is 7.31. The van der Waals surface area contributed by atoms with Gasteiger partial charge in [0.1, 0.15) is 11.3 Å². The second-order valence-electron chi connectivity index (χ2n) is 6.07. The van der Waals surface area contributed by atoms with Crippen LogP contribution in [0.1, 0.15) is 21.6 Å². The van der Waals surface area contributed by atoms with Gasteiger partial charge in [0.05, 0.1) is 11.5 Å². The van der Waals surface area contributed by atoms with Crippen molar-refractivity contribution < 1.29 is 23.1 Å². The zero-order chi connectivity index (χ0) is 20.9. The van der Waals surface area contributed by atoms with Gasteiger partial charge in [0.2, 0.25) is 10.0 Å². The van der Waals surface area contributed by atoms with Crippen molar-refractivity contribution in [3.63, 3.8) is 0 Å². The third-order valence-corrected chi connectivity index (χ3v) is 5.55. The summed E-state index contributed by atoms with van der Waals surface area (Å²) in [5.41, 5.74) is 0.0217. The number of aryl methyl sites for hydroxylation is 1. The second-order valence-corrected chi connectivity index (χ2v) is 7.84. The molecular weight excluding hydrogens is 384 g/mol. The summed E-state index contributed by atoms with van der Waals surface area (Å²) in [5.74, 6) is -1.07. The molecule has 1 heterocycles. The fraction of sp³-hybridized carbons (Fsp3) is 0.263. The summed E-state index contributed by atoms with van der Waals surface area (Å²) in [6.07, 6.45) is 2.51. The number of rotatable bonds is 8. The quantitative estimate of drug-likeness (QED) is 0.387. The van der Waals surface area contributed by atoms with Crippen LogP contribution in [0, 0.1) is 6.92 Å². The smallest absolute Gasteiger partial charge is 0.265 e. The molecule has 0 spiro atoms. The van der Waals surface area contributed by atoms with Crippen LogP contribution in [0.5, 0.6) is 5.75 Å². The number of aromatic hydroxyl groups is 1. The molecule has 0 aliphatic carbocycles. The average molecular weight is 406 g/mol. The normalized spacial score (nSPS) is 11.8. The van der Waals surface area contributed by atoms with Gasteiger partial charge in [0.15, 0.2) is 5.78 Å². The Hall–Kier alpha value is -2.75. The monoisotopic (exact) mass is 406 g/mol. The van der Waals surface area contributed by atoms with Crippen molar-refractivity contribution in [1.82, 2.24) is 9.29 Å². The van der Waals surface area contributed by atoms with E-state index < -0.39 is 27.1 Å². The first-order chi connectivity index (χ1) is 13.2. The number of carbonyl (C=O) groups excluding carboxylic acids is 1. The van der Waals surface area contributed by atoms with Crippen LogP contribution in [-0.2, 0) is 21.8 Å². The van der Waals surface area contributed by atoms with Crippen LogP contribution in [0.4, 0.5) is 0 Å². The standard InChI is InChI=1S/C19H22N2O6S/c1-13-11-17(23)18(19(24)21(13)2)16(22)8-7-14-5-4-6-15(12-14)28(25,26)20-9-10-27-3/h4-8,11-12,20,23H,9-10H2,1-3H3. The molecule has 0 radical (unpaired) electrons. The second kappa shape index (κ2) is 8.96. The maximum absolute atomic E-state index is 12.4. The Bertz CT molecular complexity index is 1070. The van der Waals surface area contributed by atoms with Gasteiger partial charge in [-0.25, -0.2) is 13.1 Å². The van der Waals surface area contributed by atoms with Crippen molar-refractivity contribution in [2.45, 2.75) is 11.8 Å². The number of benzene rings is 1. The van der Waals surface area contributed by atoms with Crippen LogP contribution >= 0.6 is 0 Å². The van der Waals surface area contributed by atoms with Gasteiger partial charge < -0.3 is 14.4 Å². The molecule has 28 heavy (non-hydrogen) atoms. The van der Waals surface area contributed by atoms with Gasteiger partial charge in [-0.05, 0) is 30.7 Å². The minimum atomic E-state index is -3.71. The Balaban J connectivity index is 2.28. The van der Waals surface area contributed by atoms with E-state index in [1.165, 1.54) is 49.1 Å². The molecule has 0 fully saturated rings. The number of sulfonamides is 1. The van der Waals surface area contributed by atoms with E-state index >= 15 is 0 Å². The predicted molar refractivity (Wildman–Crippen MR) is 105 cm³/mol. The van der Waals surface area contributed by atoms with Crippen molar-refractivity contribution in [3.05, 3.63) is 63.6 Å². The molecule has 0 atom stereocenters. The van der Waals surface area contributed by atoms with Crippen LogP contribution in [0.3, 0.4) is 0 Å². The Morgan fingerprint density at radius 2 is 2.04 bits per heavy atom. The minimum Gasteiger partial charge on any atom is -0.507 e. The van der Waals surface area contributed by atoms with E-state index in [1.807, 2.05) is 0 Å². The van der Waals surface area contributed by atoms with Crippen molar-refractivity contribution in [3.8, 4) is 5.75 Å². The molecular formula is C19H22N2O6S. The van der Waals surface area contributed by atoms with Crippen molar-refractivity contribution >= 4 is 21.9 Å². The number of ketones is 1. The summed E-state index contributed by atoms with van der Waals surface area (Å²) < 4.78 is 33.0. The number of methoxy groups -OCH3 is 1. The van der Waals surface area contributed by atoms with Crippen LogP contribution in [0.25, 0.3) is 6.08 Å². The van der Waals surface area contributed by atoms with Crippen LogP contribution in [-0.4, -0.2) is 44.1 Å².